The van der Waals surface area contributed by atoms with E-state index in [1.54, 1.807) is 34.2 Å². The van der Waals surface area contributed by atoms with Crippen molar-refractivity contribution >= 4 is 17.7 Å². The number of carbonyl (C=O) groups is 3. The first-order chi connectivity index (χ1) is 24.5. The van der Waals surface area contributed by atoms with E-state index in [9.17, 15) is 19.5 Å². The predicted molar refractivity (Wildman–Crippen MR) is 194 cm³/mol. The molecule has 1 saturated carbocycles. The lowest BCUT2D eigenvalue weighted by molar-refractivity contribution is -0.295. The van der Waals surface area contributed by atoms with Crippen molar-refractivity contribution in [1.82, 2.24) is 24.7 Å². The predicted octanol–water partition coefficient (Wildman–Crippen LogP) is 3.25. The molecule has 1 aliphatic carbocycles. The van der Waals surface area contributed by atoms with E-state index in [0.717, 1.165) is 56.6 Å². The third-order valence-corrected chi connectivity index (χ3v) is 11.9. The van der Waals surface area contributed by atoms with Gasteiger partial charge in [-0.15, -0.1) is 0 Å². The van der Waals surface area contributed by atoms with Crippen molar-refractivity contribution in [1.29, 1.82) is 0 Å². The molecule has 0 spiro atoms. The summed E-state index contributed by atoms with van der Waals surface area (Å²) in [5, 5.41) is 11.4. The molecule has 1 aromatic heterocycles. The number of Topliss-reactive ketones (excluding diaryl/α,β-unsaturated/α-hetero) is 1. The fourth-order valence-corrected chi connectivity index (χ4v) is 8.54. The van der Waals surface area contributed by atoms with E-state index in [0.29, 0.717) is 25.8 Å². The van der Waals surface area contributed by atoms with Gasteiger partial charge < -0.3 is 33.9 Å². The van der Waals surface area contributed by atoms with Crippen molar-refractivity contribution in [3.05, 3.63) is 23.8 Å². The van der Waals surface area contributed by atoms with Crippen LogP contribution in [0.1, 0.15) is 91.3 Å². The lowest BCUT2D eigenvalue weighted by Crippen LogP contribution is -2.59. The Morgan fingerprint density at radius 1 is 1.15 bits per heavy atom. The van der Waals surface area contributed by atoms with Crippen molar-refractivity contribution in [3.63, 3.8) is 0 Å². The van der Waals surface area contributed by atoms with Gasteiger partial charge in [0.15, 0.2) is 12.1 Å². The van der Waals surface area contributed by atoms with Crippen molar-refractivity contribution in [2.45, 2.75) is 135 Å². The first kappa shape index (κ1) is 40.6. The Hall–Kier alpha value is -2.55. The number of cyclic esters (lactones) is 1. The number of ether oxygens (including phenoxy) is 4. The first-order valence-corrected chi connectivity index (χ1v) is 19.3. The summed E-state index contributed by atoms with van der Waals surface area (Å²) in [5.74, 6) is -1.83. The highest BCUT2D eigenvalue weighted by molar-refractivity contribution is 6.04. The van der Waals surface area contributed by atoms with Crippen molar-refractivity contribution in [2.75, 3.05) is 47.4 Å². The second kappa shape index (κ2) is 16.9. The number of nitrogens with zero attached hydrogens (tertiary/aromatic N) is 5. The Morgan fingerprint density at radius 3 is 2.56 bits per heavy atom. The minimum Gasteiger partial charge on any atom is -0.463 e. The van der Waals surface area contributed by atoms with Gasteiger partial charge in [-0.1, -0.05) is 13.8 Å². The van der Waals surface area contributed by atoms with Gasteiger partial charge in [0.1, 0.15) is 24.5 Å². The minimum atomic E-state index is -1.51. The highest BCUT2D eigenvalue weighted by atomic mass is 16.7. The van der Waals surface area contributed by atoms with E-state index in [2.05, 4.69) is 21.8 Å². The highest BCUT2D eigenvalue weighted by Crippen LogP contribution is 2.39. The SMILES string of the molecule is CO[C@]1(C)C[C@@H](C)CN(C(=O)C2CC2)[C@H](CCCN2CCc3ncncc3C2)COC(=O)C(C)(C)C(=O)[C@H](C)[C@H]1O[C@@H]1O[C@H](C)C[C@H](N(C)C)[C@H]1O. The molecule has 0 radical (unpaired) electrons. The largest absolute Gasteiger partial charge is 0.463 e. The van der Waals surface area contributed by atoms with E-state index in [1.165, 1.54) is 0 Å². The molecule has 5 rings (SSSR count). The van der Waals surface area contributed by atoms with Crippen molar-refractivity contribution < 1.29 is 38.4 Å². The van der Waals surface area contributed by atoms with E-state index in [1.807, 2.05) is 43.9 Å². The third-order valence-electron chi connectivity index (χ3n) is 11.9. The summed E-state index contributed by atoms with van der Waals surface area (Å²) in [6.07, 6.45) is 5.50. The standard InChI is InChI=1S/C39H63N5O8/c1-24-18-39(6,49-9)34(52-36-32(45)31(42(7)8)17-25(2)51-36)26(3)33(46)38(4,5)37(48)50-22-29(44(20-24)35(47)27-12-13-27)11-10-15-43-16-14-30-28(21-43)19-40-23-41-30/h19,23-27,29,31-32,34,36,45H,10-18,20-22H2,1-9H3/t24-,25-,26+,29-,31+,32-,34-,36+,39-/m1/s1. The van der Waals surface area contributed by atoms with E-state index in [-0.39, 0.29) is 48.3 Å². The number of carbonyl (C=O) groups excluding carboxylic acids is 3. The van der Waals surface area contributed by atoms with Gasteiger partial charge in [-0.05, 0) is 92.8 Å². The summed E-state index contributed by atoms with van der Waals surface area (Å²) < 4.78 is 25.1. The van der Waals surface area contributed by atoms with Crippen molar-refractivity contribution in [3.8, 4) is 0 Å². The number of hydrogen-bond donors (Lipinski definition) is 1. The number of methoxy groups -OCH3 is 1. The summed E-state index contributed by atoms with van der Waals surface area (Å²) in [6, 6.07) is -0.563. The fraction of sp³-hybridized carbons (Fsp3) is 0.821. The van der Waals surface area contributed by atoms with Gasteiger partial charge >= 0.3 is 5.97 Å². The molecule has 1 N–H and O–H groups in total. The molecule has 52 heavy (non-hydrogen) atoms. The molecule has 292 valence electrons. The molecule has 1 aromatic rings. The molecule has 13 heteroatoms. The second-order valence-electron chi connectivity index (χ2n) is 16.9. The fourth-order valence-electron chi connectivity index (χ4n) is 8.54. The zero-order valence-electron chi connectivity index (χ0n) is 32.9. The van der Waals surface area contributed by atoms with E-state index < -0.39 is 41.4 Å². The first-order valence-electron chi connectivity index (χ1n) is 19.3. The average molecular weight is 730 g/mol. The maximum absolute atomic E-state index is 14.4. The Balaban J connectivity index is 1.41. The van der Waals surface area contributed by atoms with Gasteiger partial charge in [-0.25, -0.2) is 9.97 Å². The van der Waals surface area contributed by atoms with Gasteiger partial charge in [-0.2, -0.15) is 0 Å². The zero-order valence-corrected chi connectivity index (χ0v) is 32.9. The molecule has 3 aliphatic heterocycles. The number of amides is 1. The van der Waals surface area contributed by atoms with Gasteiger partial charge in [0.2, 0.25) is 5.91 Å². The molecule has 4 aliphatic rings. The normalized spacial score (nSPS) is 35.2. The maximum atomic E-state index is 14.4. The summed E-state index contributed by atoms with van der Waals surface area (Å²) >= 11 is 0. The molecule has 0 unspecified atom stereocenters. The molecule has 0 aromatic carbocycles. The molecule has 2 saturated heterocycles. The highest BCUT2D eigenvalue weighted by Gasteiger charge is 2.52. The smallest absolute Gasteiger partial charge is 0.319 e. The van der Waals surface area contributed by atoms with Crippen LogP contribution >= 0.6 is 0 Å². The van der Waals surface area contributed by atoms with Crippen LogP contribution in [0.15, 0.2) is 12.5 Å². The number of aromatic nitrogens is 2. The minimum absolute atomic E-state index is 0.0131. The molecule has 9 atom stereocenters. The Bertz CT molecular complexity index is 1410. The molecule has 3 fully saturated rings. The van der Waals surface area contributed by atoms with Crippen LogP contribution in [0.25, 0.3) is 0 Å². The van der Waals surface area contributed by atoms with Crippen LogP contribution in [-0.4, -0.2) is 137 Å². The zero-order chi connectivity index (χ0) is 38.0. The summed E-state index contributed by atoms with van der Waals surface area (Å²) in [5.41, 5.74) is -0.316. The third kappa shape index (κ3) is 9.21. The monoisotopic (exact) mass is 729 g/mol. The van der Waals surface area contributed by atoms with Crippen LogP contribution < -0.4 is 0 Å². The van der Waals surface area contributed by atoms with Gasteiger partial charge in [0.05, 0.1) is 23.9 Å². The number of fused-ring (bicyclic) bond motifs is 1. The Labute approximate surface area is 310 Å². The molecular weight excluding hydrogens is 666 g/mol. The lowest BCUT2D eigenvalue weighted by atomic mass is 9.74. The topological polar surface area (TPSA) is 144 Å². The van der Waals surface area contributed by atoms with Gasteiger partial charge in [0.25, 0.3) is 0 Å². The van der Waals surface area contributed by atoms with Crippen LogP contribution in [0, 0.1) is 23.2 Å². The molecule has 0 bridgehead atoms. The number of aliphatic hydroxyl groups excluding tert-OH is 1. The average Bonchev–Trinajstić information content (AvgIpc) is 3.96. The van der Waals surface area contributed by atoms with E-state index >= 15 is 0 Å². The Kier molecular flexibility index (Phi) is 13.2. The number of ketones is 1. The van der Waals surface area contributed by atoms with Crippen molar-refractivity contribution in [2.24, 2.45) is 23.2 Å². The van der Waals surface area contributed by atoms with Crippen LogP contribution in [0.4, 0.5) is 0 Å². The van der Waals surface area contributed by atoms with Crippen LogP contribution in [-0.2, 0) is 46.3 Å². The summed E-state index contributed by atoms with van der Waals surface area (Å²) in [4.78, 5) is 57.2. The van der Waals surface area contributed by atoms with Gasteiger partial charge in [0, 0.05) is 68.5 Å². The lowest BCUT2D eigenvalue weighted by Gasteiger charge is -2.47. The number of aliphatic hydroxyl groups is 1. The number of likely N-dealkylation sites (N-methyl/N-ethyl adjacent to an activating group) is 1. The quantitative estimate of drug-likeness (QED) is 0.295. The van der Waals surface area contributed by atoms with Crippen LogP contribution in [0.2, 0.25) is 0 Å². The Morgan fingerprint density at radius 2 is 1.88 bits per heavy atom. The number of hydrogen-bond acceptors (Lipinski definition) is 12. The molecular formula is C39H63N5O8. The van der Waals surface area contributed by atoms with E-state index in [4.69, 9.17) is 18.9 Å². The molecule has 4 heterocycles. The summed E-state index contributed by atoms with van der Waals surface area (Å²) in [6.45, 7) is 13.8. The van der Waals surface area contributed by atoms with Crippen LogP contribution in [0.5, 0.6) is 0 Å². The number of esters is 1. The molecule has 13 nitrogen and oxygen atoms in total. The maximum Gasteiger partial charge on any atom is 0.319 e. The van der Waals surface area contributed by atoms with Gasteiger partial charge in [-0.3, -0.25) is 19.3 Å². The molecule has 1 amide bonds. The number of rotatable bonds is 9. The summed E-state index contributed by atoms with van der Waals surface area (Å²) in [7, 11) is 5.42. The van der Waals surface area contributed by atoms with Crippen LogP contribution in [0.3, 0.4) is 0 Å². The second-order valence-corrected chi connectivity index (χ2v) is 16.9.